The zero-order valence-electron chi connectivity index (χ0n) is 17.2. The summed E-state index contributed by atoms with van der Waals surface area (Å²) in [6.07, 6.45) is 0. The minimum Gasteiger partial charge on any atom is -0.496 e. The van der Waals surface area contributed by atoms with Crippen LogP contribution in [-0.4, -0.2) is 27.0 Å². The van der Waals surface area contributed by atoms with Gasteiger partial charge in [-0.25, -0.2) is 4.99 Å². The Labute approximate surface area is 166 Å². The van der Waals surface area contributed by atoms with Crippen LogP contribution in [0.3, 0.4) is 0 Å². The van der Waals surface area contributed by atoms with Crippen molar-refractivity contribution < 1.29 is 18.9 Å². The standard InChI is InChI=1S/C22H28N2O4/c1-22(2,3)17-11-18(26-5)16-13-27-21(23-12-15-9-7-6-8-10-15)24-19(16)20(17)28-14-25-4/h6-11H,12-14H2,1-5H3,(H,23,24). The first-order valence-corrected chi connectivity index (χ1v) is 9.28. The van der Waals surface area contributed by atoms with Crippen molar-refractivity contribution in [1.82, 2.24) is 0 Å². The Bertz CT molecular complexity index is 842. The molecule has 0 spiro atoms. The number of anilines is 1. The Hall–Kier alpha value is -2.73. The fraction of sp³-hybridized carbons (Fsp3) is 0.409. The van der Waals surface area contributed by atoms with Crippen LogP contribution in [0.25, 0.3) is 0 Å². The molecule has 0 saturated heterocycles. The highest BCUT2D eigenvalue weighted by atomic mass is 16.7. The van der Waals surface area contributed by atoms with E-state index in [2.05, 4.69) is 31.1 Å². The molecule has 0 unspecified atom stereocenters. The number of nitrogens with zero attached hydrogens (tertiary/aromatic N) is 1. The summed E-state index contributed by atoms with van der Waals surface area (Å²) in [6, 6.07) is 12.5. The van der Waals surface area contributed by atoms with Crippen LogP contribution in [0.15, 0.2) is 41.4 Å². The molecule has 2 aromatic carbocycles. The minimum atomic E-state index is -0.146. The van der Waals surface area contributed by atoms with E-state index in [1.807, 2.05) is 36.4 Å². The van der Waals surface area contributed by atoms with Crippen molar-refractivity contribution >= 4 is 11.7 Å². The molecule has 0 aliphatic carbocycles. The number of hydrogen-bond donors (Lipinski definition) is 1. The summed E-state index contributed by atoms with van der Waals surface area (Å²) in [7, 11) is 3.27. The maximum absolute atomic E-state index is 5.97. The van der Waals surface area contributed by atoms with Gasteiger partial charge in [0.05, 0.1) is 24.9 Å². The zero-order valence-corrected chi connectivity index (χ0v) is 17.2. The summed E-state index contributed by atoms with van der Waals surface area (Å²) in [5, 5.41) is 3.30. The highest BCUT2D eigenvalue weighted by Crippen LogP contribution is 2.45. The lowest BCUT2D eigenvalue weighted by Crippen LogP contribution is -2.26. The average Bonchev–Trinajstić information content (AvgIpc) is 2.70. The molecule has 150 valence electrons. The average molecular weight is 384 g/mol. The van der Waals surface area contributed by atoms with Gasteiger partial charge in [0.2, 0.25) is 0 Å². The topological polar surface area (TPSA) is 61.3 Å². The third-order valence-corrected chi connectivity index (χ3v) is 4.53. The smallest absolute Gasteiger partial charge is 0.289 e. The summed E-state index contributed by atoms with van der Waals surface area (Å²) in [5.74, 6) is 1.50. The van der Waals surface area contributed by atoms with Crippen LogP contribution in [-0.2, 0) is 28.0 Å². The van der Waals surface area contributed by atoms with Crippen LogP contribution in [0, 0.1) is 0 Å². The number of hydrogen-bond acceptors (Lipinski definition) is 5. The van der Waals surface area contributed by atoms with Gasteiger partial charge in [-0.3, -0.25) is 0 Å². The molecule has 0 fully saturated rings. The third-order valence-electron chi connectivity index (χ3n) is 4.53. The molecule has 28 heavy (non-hydrogen) atoms. The predicted octanol–water partition coefficient (Wildman–Crippen LogP) is 4.47. The molecule has 0 amide bonds. The van der Waals surface area contributed by atoms with Gasteiger partial charge in [-0.05, 0) is 17.0 Å². The molecule has 1 N–H and O–H groups in total. The van der Waals surface area contributed by atoms with E-state index in [0.717, 1.165) is 33.9 Å². The molecule has 0 bridgehead atoms. The second kappa shape index (κ2) is 8.52. The van der Waals surface area contributed by atoms with Gasteiger partial charge in [-0.1, -0.05) is 51.1 Å². The van der Waals surface area contributed by atoms with Crippen molar-refractivity contribution in [1.29, 1.82) is 0 Å². The van der Waals surface area contributed by atoms with Crippen LogP contribution in [0.1, 0.15) is 37.5 Å². The normalized spacial score (nSPS) is 14.8. The van der Waals surface area contributed by atoms with Crippen molar-refractivity contribution in [3.8, 4) is 11.5 Å². The molecule has 1 aliphatic rings. The number of aliphatic imine (C=N–C) groups is 1. The van der Waals surface area contributed by atoms with Crippen molar-refractivity contribution in [2.24, 2.45) is 4.99 Å². The Morgan fingerprint density at radius 2 is 1.89 bits per heavy atom. The zero-order chi connectivity index (χ0) is 20.1. The lowest BCUT2D eigenvalue weighted by molar-refractivity contribution is 0.0500. The molecule has 6 nitrogen and oxygen atoms in total. The van der Waals surface area contributed by atoms with Gasteiger partial charge in [0.25, 0.3) is 6.02 Å². The quantitative estimate of drug-likeness (QED) is 0.745. The Morgan fingerprint density at radius 1 is 1.14 bits per heavy atom. The minimum absolute atomic E-state index is 0.146. The highest BCUT2D eigenvalue weighted by molar-refractivity contribution is 5.95. The Balaban J connectivity index is 1.99. The van der Waals surface area contributed by atoms with E-state index < -0.39 is 0 Å². The molecule has 0 atom stereocenters. The van der Waals surface area contributed by atoms with Crippen LogP contribution < -0.4 is 14.8 Å². The molecule has 0 saturated carbocycles. The number of nitrogens with one attached hydrogen (secondary N) is 1. The number of amidine groups is 1. The largest absolute Gasteiger partial charge is 0.496 e. The second-order valence-corrected chi connectivity index (χ2v) is 7.63. The summed E-state index contributed by atoms with van der Waals surface area (Å²) < 4.78 is 22.6. The van der Waals surface area contributed by atoms with Gasteiger partial charge < -0.3 is 24.3 Å². The first kappa shape index (κ1) is 20.0. The van der Waals surface area contributed by atoms with E-state index >= 15 is 0 Å². The van der Waals surface area contributed by atoms with Gasteiger partial charge in [0.1, 0.15) is 12.4 Å². The summed E-state index contributed by atoms with van der Waals surface area (Å²) in [6.45, 7) is 7.45. The molecular weight excluding hydrogens is 356 g/mol. The van der Waals surface area contributed by atoms with Gasteiger partial charge in [0, 0.05) is 12.7 Å². The van der Waals surface area contributed by atoms with Crippen LogP contribution in [0.4, 0.5) is 5.69 Å². The van der Waals surface area contributed by atoms with E-state index in [9.17, 15) is 0 Å². The van der Waals surface area contributed by atoms with Crippen LogP contribution in [0.2, 0.25) is 0 Å². The number of methoxy groups -OCH3 is 2. The number of rotatable bonds is 6. The summed E-state index contributed by atoms with van der Waals surface area (Å²) in [5.41, 5.74) is 3.71. The number of ether oxygens (including phenoxy) is 4. The molecule has 1 aliphatic heterocycles. The maximum Gasteiger partial charge on any atom is 0.289 e. The molecule has 6 heteroatoms. The van der Waals surface area contributed by atoms with E-state index in [1.165, 1.54) is 0 Å². The van der Waals surface area contributed by atoms with Crippen molar-refractivity contribution in [3.05, 3.63) is 53.1 Å². The van der Waals surface area contributed by atoms with Crippen LogP contribution in [0.5, 0.6) is 11.5 Å². The Kier molecular flexibility index (Phi) is 6.09. The van der Waals surface area contributed by atoms with Gasteiger partial charge in [-0.15, -0.1) is 0 Å². The van der Waals surface area contributed by atoms with E-state index in [0.29, 0.717) is 19.2 Å². The molecule has 2 aromatic rings. The van der Waals surface area contributed by atoms with Crippen LogP contribution >= 0.6 is 0 Å². The summed E-state index contributed by atoms with van der Waals surface area (Å²) in [4.78, 5) is 4.58. The molecule has 0 aromatic heterocycles. The van der Waals surface area contributed by atoms with Crippen molar-refractivity contribution in [3.63, 3.8) is 0 Å². The third kappa shape index (κ3) is 4.39. The molecular formula is C22H28N2O4. The van der Waals surface area contributed by atoms with Gasteiger partial charge in [-0.2, -0.15) is 0 Å². The maximum atomic E-state index is 5.97. The lowest BCUT2D eigenvalue weighted by atomic mass is 9.84. The van der Waals surface area contributed by atoms with Crippen molar-refractivity contribution in [2.45, 2.75) is 39.3 Å². The first-order chi connectivity index (χ1) is 13.4. The molecule has 1 heterocycles. The van der Waals surface area contributed by atoms with E-state index in [-0.39, 0.29) is 12.2 Å². The van der Waals surface area contributed by atoms with E-state index in [4.69, 9.17) is 18.9 Å². The fourth-order valence-electron chi connectivity index (χ4n) is 3.08. The lowest BCUT2D eigenvalue weighted by Gasteiger charge is -2.30. The van der Waals surface area contributed by atoms with Gasteiger partial charge in [0.15, 0.2) is 12.5 Å². The predicted molar refractivity (Wildman–Crippen MR) is 110 cm³/mol. The van der Waals surface area contributed by atoms with Gasteiger partial charge >= 0.3 is 0 Å². The SMILES string of the molecule is COCOc1c(C(C)(C)C)cc(OC)c2c1NC(=NCc1ccccc1)OC2. The number of fused-ring (bicyclic) bond motifs is 1. The summed E-state index contributed by atoms with van der Waals surface area (Å²) >= 11 is 0. The number of benzene rings is 2. The van der Waals surface area contributed by atoms with E-state index in [1.54, 1.807) is 14.2 Å². The second-order valence-electron chi connectivity index (χ2n) is 7.63. The monoisotopic (exact) mass is 384 g/mol. The Morgan fingerprint density at radius 3 is 2.54 bits per heavy atom. The molecule has 3 rings (SSSR count). The fourth-order valence-corrected chi connectivity index (χ4v) is 3.08. The highest BCUT2D eigenvalue weighted by Gasteiger charge is 2.30. The first-order valence-electron chi connectivity index (χ1n) is 9.28. The molecule has 0 radical (unpaired) electrons. The van der Waals surface area contributed by atoms with Crippen molar-refractivity contribution in [2.75, 3.05) is 26.3 Å².